The highest BCUT2D eigenvalue weighted by atomic mass is 35.5. The summed E-state index contributed by atoms with van der Waals surface area (Å²) in [7, 11) is 0. The number of hydrogen-bond acceptors (Lipinski definition) is 4. The SMILES string of the molecule is NC(=S)c1ccnc(Nc2ccccc2Cl)n1. The molecule has 0 aliphatic carbocycles. The number of anilines is 2. The molecule has 6 heteroatoms. The summed E-state index contributed by atoms with van der Waals surface area (Å²) in [5.74, 6) is 0.406. The van der Waals surface area contributed by atoms with Crippen molar-refractivity contribution in [1.82, 2.24) is 9.97 Å². The van der Waals surface area contributed by atoms with Gasteiger partial charge in [-0.1, -0.05) is 36.0 Å². The van der Waals surface area contributed by atoms with Crippen LogP contribution >= 0.6 is 23.8 Å². The fourth-order valence-electron chi connectivity index (χ4n) is 1.24. The number of thiocarbonyl (C=S) groups is 1. The Morgan fingerprint density at radius 2 is 2.06 bits per heavy atom. The summed E-state index contributed by atoms with van der Waals surface area (Å²) in [6, 6.07) is 8.98. The first-order valence-electron chi connectivity index (χ1n) is 4.81. The lowest BCUT2D eigenvalue weighted by Gasteiger charge is -2.07. The van der Waals surface area contributed by atoms with E-state index >= 15 is 0 Å². The third-order valence-electron chi connectivity index (χ3n) is 2.03. The van der Waals surface area contributed by atoms with Gasteiger partial charge < -0.3 is 11.1 Å². The lowest BCUT2D eigenvalue weighted by atomic mass is 10.3. The van der Waals surface area contributed by atoms with Crippen LogP contribution in [0.2, 0.25) is 5.02 Å². The number of nitrogens with zero attached hydrogens (tertiary/aromatic N) is 2. The highest BCUT2D eigenvalue weighted by Crippen LogP contribution is 2.22. The van der Waals surface area contributed by atoms with Gasteiger partial charge in [-0.3, -0.25) is 0 Å². The van der Waals surface area contributed by atoms with Crippen molar-refractivity contribution in [2.75, 3.05) is 5.32 Å². The maximum atomic E-state index is 6.01. The Balaban J connectivity index is 2.28. The summed E-state index contributed by atoms with van der Waals surface area (Å²) in [5.41, 5.74) is 6.74. The van der Waals surface area contributed by atoms with Crippen molar-refractivity contribution in [2.24, 2.45) is 5.73 Å². The van der Waals surface area contributed by atoms with E-state index in [9.17, 15) is 0 Å². The van der Waals surface area contributed by atoms with E-state index in [2.05, 4.69) is 15.3 Å². The van der Waals surface area contributed by atoms with Gasteiger partial charge in [-0.05, 0) is 18.2 Å². The molecule has 17 heavy (non-hydrogen) atoms. The summed E-state index contributed by atoms with van der Waals surface area (Å²) in [6.45, 7) is 0. The highest BCUT2D eigenvalue weighted by molar-refractivity contribution is 7.80. The van der Waals surface area contributed by atoms with Crippen molar-refractivity contribution in [3.63, 3.8) is 0 Å². The topological polar surface area (TPSA) is 63.8 Å². The molecule has 4 nitrogen and oxygen atoms in total. The molecule has 0 bridgehead atoms. The molecule has 0 atom stereocenters. The van der Waals surface area contributed by atoms with Gasteiger partial charge in [-0.15, -0.1) is 0 Å². The molecule has 0 spiro atoms. The van der Waals surface area contributed by atoms with E-state index in [1.807, 2.05) is 18.2 Å². The van der Waals surface area contributed by atoms with E-state index in [0.717, 1.165) is 5.69 Å². The third kappa shape index (κ3) is 2.89. The molecule has 0 fully saturated rings. The molecule has 0 unspecified atom stereocenters. The van der Waals surface area contributed by atoms with Crippen LogP contribution in [0.3, 0.4) is 0 Å². The van der Waals surface area contributed by atoms with Crippen molar-refractivity contribution in [1.29, 1.82) is 0 Å². The minimum Gasteiger partial charge on any atom is -0.388 e. The lowest BCUT2D eigenvalue weighted by molar-refractivity contribution is 1.15. The fraction of sp³-hybridized carbons (Fsp3) is 0. The minimum atomic E-state index is 0.231. The van der Waals surface area contributed by atoms with E-state index in [4.69, 9.17) is 29.6 Å². The van der Waals surface area contributed by atoms with E-state index in [-0.39, 0.29) is 4.99 Å². The number of aromatic nitrogens is 2. The molecule has 1 heterocycles. The molecule has 2 aromatic rings. The Kier molecular flexibility index (Phi) is 3.51. The molecule has 0 amide bonds. The van der Waals surface area contributed by atoms with Crippen LogP contribution < -0.4 is 11.1 Å². The maximum Gasteiger partial charge on any atom is 0.227 e. The highest BCUT2D eigenvalue weighted by Gasteiger charge is 2.04. The van der Waals surface area contributed by atoms with Gasteiger partial charge in [0.15, 0.2) is 0 Å². The molecule has 3 N–H and O–H groups in total. The van der Waals surface area contributed by atoms with Crippen LogP contribution in [0.15, 0.2) is 36.5 Å². The van der Waals surface area contributed by atoms with E-state index < -0.39 is 0 Å². The normalized spacial score (nSPS) is 9.94. The first-order chi connectivity index (χ1) is 8.16. The van der Waals surface area contributed by atoms with Crippen LogP contribution in [0.5, 0.6) is 0 Å². The first kappa shape index (κ1) is 11.8. The Bertz CT molecular complexity index is 559. The second kappa shape index (κ2) is 5.07. The molecular weight excluding hydrogens is 256 g/mol. The average Bonchev–Trinajstić information content (AvgIpc) is 2.32. The van der Waals surface area contributed by atoms with Gasteiger partial charge in [0.05, 0.1) is 10.7 Å². The van der Waals surface area contributed by atoms with Gasteiger partial charge in [-0.2, -0.15) is 0 Å². The summed E-state index contributed by atoms with van der Waals surface area (Å²) in [6.07, 6.45) is 1.58. The van der Waals surface area contributed by atoms with Gasteiger partial charge in [0, 0.05) is 6.20 Å². The van der Waals surface area contributed by atoms with Gasteiger partial charge in [0.1, 0.15) is 10.7 Å². The molecule has 0 aliphatic rings. The largest absolute Gasteiger partial charge is 0.388 e. The Morgan fingerprint density at radius 3 is 2.76 bits per heavy atom. The van der Waals surface area contributed by atoms with Gasteiger partial charge in [-0.25, -0.2) is 9.97 Å². The Hall–Kier alpha value is -1.72. The number of halogens is 1. The standard InChI is InChI=1S/C11H9ClN4S/c12-7-3-1-2-4-8(7)15-11-14-6-5-9(16-11)10(13)17/h1-6H,(H2,13,17)(H,14,15,16). The van der Waals surface area contributed by atoms with Crippen LogP contribution in [0.1, 0.15) is 5.69 Å². The summed E-state index contributed by atoms with van der Waals surface area (Å²) < 4.78 is 0. The molecule has 0 aliphatic heterocycles. The molecule has 1 aromatic heterocycles. The van der Waals surface area contributed by atoms with Gasteiger partial charge in [0.25, 0.3) is 0 Å². The van der Waals surface area contributed by atoms with Crippen LogP contribution in [0.25, 0.3) is 0 Å². The Labute approximate surface area is 109 Å². The maximum absolute atomic E-state index is 6.01. The number of nitrogens with two attached hydrogens (primary N) is 1. The third-order valence-corrected chi connectivity index (χ3v) is 2.57. The van der Waals surface area contributed by atoms with E-state index in [1.165, 1.54) is 0 Å². The molecule has 0 saturated carbocycles. The smallest absolute Gasteiger partial charge is 0.227 e. The Morgan fingerprint density at radius 1 is 1.29 bits per heavy atom. The molecule has 2 rings (SSSR count). The molecule has 1 aromatic carbocycles. The summed E-state index contributed by atoms with van der Waals surface area (Å²) >= 11 is 10.9. The fourth-order valence-corrected chi connectivity index (χ4v) is 1.54. The number of benzene rings is 1. The lowest BCUT2D eigenvalue weighted by Crippen LogP contribution is -2.12. The molecule has 0 radical (unpaired) electrons. The second-order valence-corrected chi connectivity index (χ2v) is 4.08. The molecule has 86 valence electrons. The average molecular weight is 265 g/mol. The minimum absolute atomic E-state index is 0.231. The first-order valence-corrected chi connectivity index (χ1v) is 5.60. The van der Waals surface area contributed by atoms with Crippen molar-refractivity contribution < 1.29 is 0 Å². The van der Waals surface area contributed by atoms with Crippen LogP contribution in [0.4, 0.5) is 11.6 Å². The monoisotopic (exact) mass is 264 g/mol. The van der Waals surface area contributed by atoms with Crippen LogP contribution in [-0.2, 0) is 0 Å². The summed E-state index contributed by atoms with van der Waals surface area (Å²) in [4.78, 5) is 8.45. The van der Waals surface area contributed by atoms with Crippen molar-refractivity contribution in [3.8, 4) is 0 Å². The number of para-hydroxylation sites is 1. The number of rotatable bonds is 3. The van der Waals surface area contributed by atoms with Gasteiger partial charge >= 0.3 is 0 Å². The number of hydrogen-bond donors (Lipinski definition) is 2. The number of nitrogens with one attached hydrogen (secondary N) is 1. The zero-order valence-corrected chi connectivity index (χ0v) is 10.3. The van der Waals surface area contributed by atoms with Crippen molar-refractivity contribution >= 4 is 40.4 Å². The van der Waals surface area contributed by atoms with Gasteiger partial charge in [0.2, 0.25) is 5.95 Å². The molecule has 0 saturated heterocycles. The second-order valence-electron chi connectivity index (χ2n) is 3.23. The predicted octanol–water partition coefficient (Wildman–Crippen LogP) is 2.51. The van der Waals surface area contributed by atoms with E-state index in [1.54, 1.807) is 18.3 Å². The zero-order chi connectivity index (χ0) is 12.3. The van der Waals surface area contributed by atoms with Crippen LogP contribution in [-0.4, -0.2) is 15.0 Å². The van der Waals surface area contributed by atoms with E-state index in [0.29, 0.717) is 16.7 Å². The van der Waals surface area contributed by atoms with Crippen LogP contribution in [0, 0.1) is 0 Å². The quantitative estimate of drug-likeness (QED) is 0.834. The summed E-state index contributed by atoms with van der Waals surface area (Å²) in [5, 5.41) is 3.59. The van der Waals surface area contributed by atoms with Crippen molar-refractivity contribution in [2.45, 2.75) is 0 Å². The predicted molar refractivity (Wildman–Crippen MR) is 72.7 cm³/mol. The van der Waals surface area contributed by atoms with Crippen molar-refractivity contribution in [3.05, 3.63) is 47.2 Å². The molecular formula is C11H9ClN4S. The zero-order valence-electron chi connectivity index (χ0n) is 8.72.